The molecule has 4 nitrogen and oxygen atoms in total. The minimum Gasteiger partial charge on any atom is -0.355 e. The number of hydrogen-bond donors (Lipinski definition) is 0. The first-order valence-corrected chi connectivity index (χ1v) is 8.21. The van der Waals surface area contributed by atoms with Crippen LogP contribution in [0.5, 0.6) is 0 Å². The molecule has 1 aliphatic rings. The van der Waals surface area contributed by atoms with Gasteiger partial charge in [-0.3, -0.25) is 4.90 Å². The molecule has 1 aliphatic heterocycles. The lowest BCUT2D eigenvalue weighted by molar-refractivity contribution is 0.285. The number of halogens is 2. The Kier molecular flexibility index (Phi) is 5.08. The molecule has 1 fully saturated rings. The van der Waals surface area contributed by atoms with Gasteiger partial charge in [0.25, 0.3) is 0 Å². The number of hydrogen-bond acceptors (Lipinski definition) is 4. The van der Waals surface area contributed by atoms with Gasteiger partial charge < -0.3 is 4.90 Å². The molecule has 0 amide bonds. The number of benzene rings is 1. The van der Waals surface area contributed by atoms with Crippen molar-refractivity contribution in [3.05, 3.63) is 52.7 Å². The highest BCUT2D eigenvalue weighted by Gasteiger charge is 2.17. The van der Waals surface area contributed by atoms with Crippen LogP contribution < -0.4 is 4.90 Å². The van der Waals surface area contributed by atoms with Crippen LogP contribution in [-0.2, 0) is 6.54 Å². The third kappa shape index (κ3) is 4.39. The lowest BCUT2D eigenvalue weighted by atomic mass is 10.2. The number of anilines is 1. The Morgan fingerprint density at radius 1 is 1.09 bits per heavy atom. The Bertz CT molecular complexity index is 642. The molecule has 1 saturated heterocycles. The van der Waals surface area contributed by atoms with Crippen molar-refractivity contribution in [3.8, 4) is 0 Å². The summed E-state index contributed by atoms with van der Waals surface area (Å²) in [7, 11) is 0. The number of rotatable bonds is 3. The molecule has 2 aromatic rings. The van der Waals surface area contributed by atoms with Crippen molar-refractivity contribution >= 4 is 17.4 Å². The van der Waals surface area contributed by atoms with E-state index in [0.29, 0.717) is 11.0 Å². The highest BCUT2D eigenvalue weighted by Crippen LogP contribution is 2.18. The van der Waals surface area contributed by atoms with E-state index in [1.54, 1.807) is 0 Å². The summed E-state index contributed by atoms with van der Waals surface area (Å²) in [5, 5.41) is 0.486. The molecule has 1 aromatic heterocycles. The molecule has 3 rings (SSSR count). The molecule has 0 atom stereocenters. The van der Waals surface area contributed by atoms with Gasteiger partial charge in [0, 0.05) is 38.8 Å². The van der Waals surface area contributed by atoms with Crippen LogP contribution in [-0.4, -0.2) is 41.0 Å². The monoisotopic (exact) mass is 334 g/mol. The maximum Gasteiger partial charge on any atom is 0.134 e. The minimum absolute atomic E-state index is 0.188. The van der Waals surface area contributed by atoms with E-state index >= 15 is 0 Å². The second-order valence-corrected chi connectivity index (χ2v) is 6.23. The van der Waals surface area contributed by atoms with E-state index in [-0.39, 0.29) is 5.82 Å². The summed E-state index contributed by atoms with van der Waals surface area (Å²) in [4.78, 5) is 13.3. The minimum atomic E-state index is -0.188. The van der Waals surface area contributed by atoms with Gasteiger partial charge in [-0.05, 0) is 31.0 Å². The Balaban J connectivity index is 1.63. The van der Waals surface area contributed by atoms with Gasteiger partial charge in [0.2, 0.25) is 0 Å². The van der Waals surface area contributed by atoms with Crippen molar-refractivity contribution in [3.63, 3.8) is 0 Å². The molecule has 0 radical (unpaired) electrons. The zero-order chi connectivity index (χ0) is 16.2. The molecule has 2 heterocycles. The molecule has 0 aliphatic carbocycles. The van der Waals surface area contributed by atoms with Crippen molar-refractivity contribution in [1.29, 1.82) is 0 Å². The van der Waals surface area contributed by atoms with Gasteiger partial charge in [0.1, 0.15) is 22.6 Å². The quantitative estimate of drug-likeness (QED) is 0.806. The average Bonchev–Trinajstić information content (AvgIpc) is 2.74. The van der Waals surface area contributed by atoms with E-state index in [4.69, 9.17) is 11.6 Å². The Morgan fingerprint density at radius 2 is 1.87 bits per heavy atom. The van der Waals surface area contributed by atoms with Crippen LogP contribution in [0.15, 0.2) is 30.3 Å². The Labute approximate surface area is 140 Å². The summed E-state index contributed by atoms with van der Waals surface area (Å²) in [5.74, 6) is 1.40. The lowest BCUT2D eigenvalue weighted by Crippen LogP contribution is -2.31. The SMILES string of the molecule is Cc1nc(Cl)cc(N2CCCN(Cc3ccc(F)cc3)CC2)n1. The summed E-state index contributed by atoms with van der Waals surface area (Å²) in [6.45, 7) is 6.51. The largest absolute Gasteiger partial charge is 0.355 e. The molecule has 0 spiro atoms. The normalized spacial score (nSPS) is 16.4. The van der Waals surface area contributed by atoms with Gasteiger partial charge in [0.15, 0.2) is 0 Å². The van der Waals surface area contributed by atoms with E-state index in [1.165, 1.54) is 12.1 Å². The van der Waals surface area contributed by atoms with Gasteiger partial charge in [-0.2, -0.15) is 0 Å². The second kappa shape index (κ2) is 7.23. The molecule has 0 bridgehead atoms. The molecule has 122 valence electrons. The zero-order valence-electron chi connectivity index (χ0n) is 13.2. The first-order chi connectivity index (χ1) is 11.1. The van der Waals surface area contributed by atoms with E-state index in [1.807, 2.05) is 25.1 Å². The van der Waals surface area contributed by atoms with Gasteiger partial charge in [0.05, 0.1) is 0 Å². The predicted molar refractivity (Wildman–Crippen MR) is 90.3 cm³/mol. The molecule has 0 unspecified atom stereocenters. The smallest absolute Gasteiger partial charge is 0.134 e. The van der Waals surface area contributed by atoms with E-state index < -0.39 is 0 Å². The van der Waals surface area contributed by atoms with Crippen LogP contribution in [0, 0.1) is 12.7 Å². The lowest BCUT2D eigenvalue weighted by Gasteiger charge is -2.23. The van der Waals surface area contributed by atoms with Crippen molar-refractivity contribution in [2.24, 2.45) is 0 Å². The maximum atomic E-state index is 13.0. The molecule has 23 heavy (non-hydrogen) atoms. The Morgan fingerprint density at radius 3 is 2.61 bits per heavy atom. The first kappa shape index (κ1) is 16.1. The molecule has 1 aromatic carbocycles. The van der Waals surface area contributed by atoms with Crippen LogP contribution in [0.25, 0.3) is 0 Å². The topological polar surface area (TPSA) is 32.3 Å². The summed E-state index contributed by atoms with van der Waals surface area (Å²) in [5.41, 5.74) is 1.14. The maximum absolute atomic E-state index is 13.0. The fraction of sp³-hybridized carbons (Fsp3) is 0.412. The van der Waals surface area contributed by atoms with E-state index in [9.17, 15) is 4.39 Å². The summed E-state index contributed by atoms with van der Waals surface area (Å²) < 4.78 is 13.0. The fourth-order valence-electron chi connectivity index (χ4n) is 2.88. The first-order valence-electron chi connectivity index (χ1n) is 7.83. The molecule has 0 saturated carbocycles. The summed E-state index contributed by atoms with van der Waals surface area (Å²) in [6, 6.07) is 8.57. The zero-order valence-corrected chi connectivity index (χ0v) is 13.9. The number of aryl methyl sites for hydroxylation is 1. The van der Waals surface area contributed by atoms with Crippen LogP contribution in [0.3, 0.4) is 0 Å². The average molecular weight is 335 g/mol. The van der Waals surface area contributed by atoms with Gasteiger partial charge in [-0.25, -0.2) is 14.4 Å². The Hall–Kier alpha value is -1.72. The molecular formula is C17H20ClFN4. The molecule has 6 heteroatoms. The highest BCUT2D eigenvalue weighted by molar-refractivity contribution is 6.29. The fourth-order valence-corrected chi connectivity index (χ4v) is 3.10. The van der Waals surface area contributed by atoms with Crippen molar-refractivity contribution in [1.82, 2.24) is 14.9 Å². The highest BCUT2D eigenvalue weighted by atomic mass is 35.5. The molecular weight excluding hydrogens is 315 g/mol. The second-order valence-electron chi connectivity index (χ2n) is 5.84. The van der Waals surface area contributed by atoms with Crippen molar-refractivity contribution < 1.29 is 4.39 Å². The summed E-state index contributed by atoms with van der Waals surface area (Å²) in [6.07, 6.45) is 1.06. The van der Waals surface area contributed by atoms with Crippen molar-refractivity contribution in [2.75, 3.05) is 31.1 Å². The standard InChI is InChI=1S/C17H20ClFN4/c1-13-20-16(18)11-17(21-13)23-8-2-7-22(9-10-23)12-14-3-5-15(19)6-4-14/h3-6,11H,2,7-10,12H2,1H3. The van der Waals surface area contributed by atoms with Gasteiger partial charge >= 0.3 is 0 Å². The molecule has 0 N–H and O–H groups in total. The van der Waals surface area contributed by atoms with E-state index in [2.05, 4.69) is 19.8 Å². The van der Waals surface area contributed by atoms with Gasteiger partial charge in [-0.15, -0.1) is 0 Å². The third-order valence-corrected chi connectivity index (χ3v) is 4.22. The predicted octanol–water partition coefficient (Wildman–Crippen LogP) is 3.29. The van der Waals surface area contributed by atoms with Crippen LogP contribution in [0.2, 0.25) is 5.15 Å². The van der Waals surface area contributed by atoms with Crippen LogP contribution in [0.1, 0.15) is 17.8 Å². The third-order valence-electron chi connectivity index (χ3n) is 4.03. The number of aromatic nitrogens is 2. The van der Waals surface area contributed by atoms with Crippen LogP contribution in [0.4, 0.5) is 10.2 Å². The van der Waals surface area contributed by atoms with Gasteiger partial charge in [-0.1, -0.05) is 23.7 Å². The number of nitrogens with zero attached hydrogens (tertiary/aromatic N) is 4. The van der Waals surface area contributed by atoms with Crippen LogP contribution >= 0.6 is 11.6 Å². The van der Waals surface area contributed by atoms with E-state index in [0.717, 1.165) is 50.5 Å². The summed E-state index contributed by atoms with van der Waals surface area (Å²) >= 11 is 6.04. The van der Waals surface area contributed by atoms with Crippen molar-refractivity contribution in [2.45, 2.75) is 19.9 Å².